The molecule has 1 nitrogen and oxygen atoms in total. The summed E-state index contributed by atoms with van der Waals surface area (Å²) in [7, 11) is 0. The van der Waals surface area contributed by atoms with Crippen molar-refractivity contribution in [2.75, 3.05) is 0 Å². The van der Waals surface area contributed by atoms with Crippen LogP contribution in [0.5, 0.6) is 5.75 Å². The van der Waals surface area contributed by atoms with Crippen LogP contribution >= 0.6 is 0 Å². The molecule has 162 valence electrons. The van der Waals surface area contributed by atoms with Gasteiger partial charge in [-0.05, 0) is 104 Å². The molecule has 2 aliphatic carbocycles. The lowest BCUT2D eigenvalue weighted by molar-refractivity contribution is -0.139. The lowest BCUT2D eigenvalue weighted by Gasteiger charge is -2.29. The molecule has 0 heterocycles. The molecule has 0 unspecified atom stereocenters. The summed E-state index contributed by atoms with van der Waals surface area (Å²) in [6.07, 6.45) is -4.66. The zero-order valence-corrected chi connectivity index (χ0v) is 16.5. The first-order valence-electron chi connectivity index (χ1n) is 10.2. The molecule has 0 amide bonds. The van der Waals surface area contributed by atoms with E-state index in [2.05, 4.69) is 0 Å². The van der Waals surface area contributed by atoms with Gasteiger partial charge >= 0.3 is 12.4 Å². The van der Waals surface area contributed by atoms with Gasteiger partial charge in [0.05, 0.1) is 11.1 Å². The largest absolute Gasteiger partial charge is 0.507 e. The first kappa shape index (κ1) is 21.1. The Morgan fingerprint density at radius 3 is 1.60 bits per heavy atom. The van der Waals surface area contributed by atoms with Gasteiger partial charge < -0.3 is 5.11 Å². The maximum absolute atomic E-state index is 13.8. The SMILES string of the molecule is Cc1c(C(F)(F)F)cc2c(c1-c1c(O)c(C(F)(F)F)cc3c1CCCC3)CCCC2. The first-order valence-corrected chi connectivity index (χ1v) is 10.2. The Morgan fingerprint density at radius 2 is 1.10 bits per heavy atom. The number of rotatable bonds is 1. The normalized spacial score (nSPS) is 16.9. The Kier molecular flexibility index (Phi) is 5.06. The van der Waals surface area contributed by atoms with Crippen molar-refractivity contribution in [3.8, 4) is 16.9 Å². The Labute approximate surface area is 170 Å². The summed E-state index contributed by atoms with van der Waals surface area (Å²) < 4.78 is 82.4. The molecule has 30 heavy (non-hydrogen) atoms. The van der Waals surface area contributed by atoms with Crippen molar-refractivity contribution in [2.24, 2.45) is 0 Å². The Morgan fingerprint density at radius 1 is 0.667 bits per heavy atom. The van der Waals surface area contributed by atoms with Gasteiger partial charge in [0, 0.05) is 5.56 Å². The van der Waals surface area contributed by atoms with Crippen LogP contribution in [0.4, 0.5) is 26.3 Å². The summed E-state index contributed by atoms with van der Waals surface area (Å²) in [6.45, 7) is 1.31. The van der Waals surface area contributed by atoms with Gasteiger partial charge in [-0.3, -0.25) is 0 Å². The third kappa shape index (κ3) is 3.46. The molecular formula is C23H22F6O. The molecule has 2 aliphatic rings. The van der Waals surface area contributed by atoms with E-state index in [4.69, 9.17) is 0 Å². The van der Waals surface area contributed by atoms with Gasteiger partial charge in [-0.15, -0.1) is 0 Å². The Hall–Kier alpha value is -2.18. The van der Waals surface area contributed by atoms with Crippen LogP contribution in [0.3, 0.4) is 0 Å². The van der Waals surface area contributed by atoms with Gasteiger partial charge in [-0.1, -0.05) is 0 Å². The van der Waals surface area contributed by atoms with Crippen LogP contribution in [0, 0.1) is 6.92 Å². The van der Waals surface area contributed by atoms with E-state index in [9.17, 15) is 31.4 Å². The summed E-state index contributed by atoms with van der Waals surface area (Å²) >= 11 is 0. The van der Waals surface area contributed by atoms with E-state index >= 15 is 0 Å². The first-order chi connectivity index (χ1) is 14.0. The molecule has 0 saturated heterocycles. The van der Waals surface area contributed by atoms with Crippen molar-refractivity contribution < 1.29 is 31.4 Å². The molecule has 0 aromatic heterocycles. The predicted molar refractivity (Wildman–Crippen MR) is 102 cm³/mol. The second-order valence-corrected chi connectivity index (χ2v) is 8.26. The van der Waals surface area contributed by atoms with Crippen molar-refractivity contribution in [2.45, 2.75) is 70.6 Å². The van der Waals surface area contributed by atoms with E-state index in [-0.39, 0.29) is 16.7 Å². The zero-order valence-electron chi connectivity index (χ0n) is 16.5. The number of phenolic OH excluding ortho intramolecular Hbond substituents is 1. The molecule has 2 aromatic carbocycles. The Balaban J connectivity index is 2.13. The fourth-order valence-corrected chi connectivity index (χ4v) is 5.03. The fourth-order valence-electron chi connectivity index (χ4n) is 5.03. The predicted octanol–water partition coefficient (Wildman–Crippen LogP) is 7.16. The standard InChI is InChI=1S/C23H22F6O/c1-12-17(22(24,25)26)10-13-6-2-4-8-15(13)19(12)20-16-9-5-3-7-14(16)11-18(21(20)30)23(27,28)29/h10-11,30H,2-9H2,1H3. The van der Waals surface area contributed by atoms with E-state index in [1.165, 1.54) is 6.92 Å². The topological polar surface area (TPSA) is 20.2 Å². The number of hydrogen-bond acceptors (Lipinski definition) is 1. The highest BCUT2D eigenvalue weighted by molar-refractivity contribution is 5.83. The molecule has 0 fully saturated rings. The molecule has 0 bridgehead atoms. The van der Waals surface area contributed by atoms with Crippen LogP contribution < -0.4 is 0 Å². The van der Waals surface area contributed by atoms with E-state index in [1.54, 1.807) is 0 Å². The van der Waals surface area contributed by atoms with Crippen molar-refractivity contribution in [1.29, 1.82) is 0 Å². The quantitative estimate of drug-likeness (QED) is 0.478. The molecular weight excluding hydrogens is 406 g/mol. The van der Waals surface area contributed by atoms with Crippen LogP contribution in [-0.4, -0.2) is 5.11 Å². The summed E-state index contributed by atoms with van der Waals surface area (Å²) in [4.78, 5) is 0. The Bertz CT molecular complexity index is 919. The van der Waals surface area contributed by atoms with Crippen LogP contribution in [-0.2, 0) is 38.0 Å². The summed E-state index contributed by atoms with van der Waals surface area (Å²) in [5.74, 6) is -0.946. The maximum atomic E-state index is 13.8. The number of benzene rings is 2. The second kappa shape index (κ2) is 7.20. The van der Waals surface area contributed by atoms with Crippen molar-refractivity contribution in [1.82, 2.24) is 0 Å². The molecule has 7 heteroatoms. The van der Waals surface area contributed by atoms with E-state index in [1.807, 2.05) is 0 Å². The highest BCUT2D eigenvalue weighted by atomic mass is 19.4. The van der Waals surface area contributed by atoms with Gasteiger partial charge in [0.15, 0.2) is 0 Å². The second-order valence-electron chi connectivity index (χ2n) is 8.26. The summed E-state index contributed by atoms with van der Waals surface area (Å²) in [5, 5.41) is 10.8. The van der Waals surface area contributed by atoms with Crippen LogP contribution in [0.1, 0.15) is 64.6 Å². The minimum absolute atomic E-state index is 0.0405. The van der Waals surface area contributed by atoms with Gasteiger partial charge in [0.25, 0.3) is 0 Å². The molecule has 0 atom stereocenters. The van der Waals surface area contributed by atoms with E-state index in [0.717, 1.165) is 31.4 Å². The molecule has 2 aromatic rings. The van der Waals surface area contributed by atoms with Crippen LogP contribution in [0.2, 0.25) is 0 Å². The third-order valence-electron chi connectivity index (χ3n) is 6.39. The van der Waals surface area contributed by atoms with Gasteiger partial charge in [0.2, 0.25) is 0 Å². The monoisotopic (exact) mass is 428 g/mol. The number of aromatic hydroxyl groups is 1. The number of halogens is 6. The van der Waals surface area contributed by atoms with Crippen molar-refractivity contribution in [3.63, 3.8) is 0 Å². The average molecular weight is 428 g/mol. The van der Waals surface area contributed by atoms with Crippen molar-refractivity contribution in [3.05, 3.63) is 51.1 Å². The number of aryl methyl sites for hydroxylation is 2. The van der Waals surface area contributed by atoms with Crippen LogP contribution in [0.25, 0.3) is 11.1 Å². The molecule has 0 aliphatic heterocycles. The smallest absolute Gasteiger partial charge is 0.419 e. The highest BCUT2D eigenvalue weighted by Crippen LogP contribution is 2.50. The fraction of sp³-hybridized carbons (Fsp3) is 0.478. The summed E-state index contributed by atoms with van der Waals surface area (Å²) in [6, 6.07) is 2.12. The molecule has 0 spiro atoms. The van der Waals surface area contributed by atoms with Gasteiger partial charge in [-0.25, -0.2) is 0 Å². The minimum atomic E-state index is -4.79. The van der Waals surface area contributed by atoms with E-state index < -0.39 is 29.2 Å². The summed E-state index contributed by atoms with van der Waals surface area (Å²) in [5.41, 5.74) is 0.210. The van der Waals surface area contributed by atoms with Gasteiger partial charge in [0.1, 0.15) is 5.75 Å². The third-order valence-corrected chi connectivity index (χ3v) is 6.39. The number of hydrogen-bond donors (Lipinski definition) is 1. The number of alkyl halides is 6. The molecule has 1 N–H and O–H groups in total. The molecule has 0 radical (unpaired) electrons. The lowest BCUT2D eigenvalue weighted by Crippen LogP contribution is -2.17. The van der Waals surface area contributed by atoms with Crippen LogP contribution in [0.15, 0.2) is 12.1 Å². The minimum Gasteiger partial charge on any atom is -0.507 e. The van der Waals surface area contributed by atoms with Gasteiger partial charge in [-0.2, -0.15) is 26.3 Å². The number of fused-ring (bicyclic) bond motifs is 2. The lowest BCUT2D eigenvalue weighted by atomic mass is 9.77. The van der Waals surface area contributed by atoms with E-state index in [0.29, 0.717) is 54.4 Å². The molecule has 4 rings (SSSR count). The molecule has 0 saturated carbocycles. The maximum Gasteiger partial charge on any atom is 0.419 e. The van der Waals surface area contributed by atoms with Crippen molar-refractivity contribution >= 4 is 0 Å². The number of phenols is 1. The zero-order chi connectivity index (χ0) is 21.8. The highest BCUT2D eigenvalue weighted by Gasteiger charge is 2.40. The average Bonchev–Trinajstić information content (AvgIpc) is 2.66.